The number of carbonyl (C=O) groups excluding carboxylic acids is 2. The summed E-state index contributed by atoms with van der Waals surface area (Å²) in [7, 11) is -4.74. The average Bonchev–Trinajstić information content (AvgIpc) is 3.03. The molecule has 0 heterocycles. The summed E-state index contributed by atoms with van der Waals surface area (Å²) in [6.45, 7) is 8.36. The SMILES string of the molecule is CC(C)CCCCCCCCCCCCCCCCCC(=O)OC[C@H](COP(=O)(O)O)OC(=O)CCCCCCCCCCCCC(C)C. The van der Waals surface area contributed by atoms with Crippen molar-refractivity contribution in [2.24, 2.45) is 11.8 Å². The van der Waals surface area contributed by atoms with Crippen LogP contribution in [0.2, 0.25) is 0 Å². The Labute approximate surface area is 302 Å². The van der Waals surface area contributed by atoms with Crippen molar-refractivity contribution in [2.75, 3.05) is 13.2 Å². The lowest BCUT2D eigenvalue weighted by Crippen LogP contribution is -2.29. The van der Waals surface area contributed by atoms with E-state index in [1.807, 2.05) is 0 Å². The Morgan fingerprint density at radius 3 is 1.10 bits per heavy atom. The second-order valence-corrected chi connectivity index (χ2v) is 16.5. The molecule has 9 heteroatoms. The van der Waals surface area contributed by atoms with Crippen molar-refractivity contribution >= 4 is 19.8 Å². The van der Waals surface area contributed by atoms with E-state index in [9.17, 15) is 14.2 Å². The van der Waals surface area contributed by atoms with E-state index in [4.69, 9.17) is 19.3 Å². The van der Waals surface area contributed by atoms with Gasteiger partial charge in [-0.25, -0.2) is 4.57 Å². The minimum absolute atomic E-state index is 0.217. The summed E-state index contributed by atoms with van der Waals surface area (Å²) in [6.07, 6.45) is 32.6. The molecule has 0 spiro atoms. The maximum Gasteiger partial charge on any atom is 0.469 e. The summed E-state index contributed by atoms with van der Waals surface area (Å²) in [6, 6.07) is 0. The lowest BCUT2D eigenvalue weighted by molar-refractivity contribution is -0.161. The second kappa shape index (κ2) is 34.2. The number of hydrogen-bond donors (Lipinski definition) is 2. The first-order valence-electron chi connectivity index (χ1n) is 20.5. The van der Waals surface area contributed by atoms with Crippen LogP contribution in [0, 0.1) is 11.8 Å². The van der Waals surface area contributed by atoms with Crippen molar-refractivity contribution in [2.45, 2.75) is 220 Å². The highest BCUT2D eigenvalue weighted by atomic mass is 31.2. The van der Waals surface area contributed by atoms with Gasteiger partial charge in [0.25, 0.3) is 0 Å². The van der Waals surface area contributed by atoms with Gasteiger partial charge in [0, 0.05) is 12.8 Å². The first-order chi connectivity index (χ1) is 23.5. The molecule has 0 rings (SSSR count). The monoisotopic (exact) mass is 719 g/mol. The summed E-state index contributed by atoms with van der Waals surface area (Å²) in [5.74, 6) is 0.764. The van der Waals surface area contributed by atoms with Crippen LogP contribution in [0.25, 0.3) is 0 Å². The molecule has 1 atom stereocenters. The molecule has 292 valence electrons. The molecule has 0 saturated carbocycles. The molecule has 0 fully saturated rings. The highest BCUT2D eigenvalue weighted by Gasteiger charge is 2.23. The fraction of sp³-hybridized carbons (Fsp3) is 0.950. The Kier molecular flexibility index (Phi) is 33.5. The Morgan fingerprint density at radius 2 is 0.776 bits per heavy atom. The van der Waals surface area contributed by atoms with E-state index in [-0.39, 0.29) is 19.4 Å². The van der Waals surface area contributed by atoms with Gasteiger partial charge in [-0.05, 0) is 24.7 Å². The van der Waals surface area contributed by atoms with Crippen molar-refractivity contribution in [3.63, 3.8) is 0 Å². The van der Waals surface area contributed by atoms with Gasteiger partial charge >= 0.3 is 19.8 Å². The maximum atomic E-state index is 12.4. The summed E-state index contributed by atoms with van der Waals surface area (Å²) in [4.78, 5) is 42.8. The fourth-order valence-electron chi connectivity index (χ4n) is 6.16. The third-order valence-corrected chi connectivity index (χ3v) is 9.72. The van der Waals surface area contributed by atoms with E-state index >= 15 is 0 Å². The minimum Gasteiger partial charge on any atom is -0.462 e. The van der Waals surface area contributed by atoms with Crippen LogP contribution >= 0.6 is 7.82 Å². The summed E-state index contributed by atoms with van der Waals surface area (Å²) < 4.78 is 26.4. The van der Waals surface area contributed by atoms with Crippen molar-refractivity contribution in [1.29, 1.82) is 0 Å². The van der Waals surface area contributed by atoms with Crippen LogP contribution in [0.5, 0.6) is 0 Å². The van der Waals surface area contributed by atoms with E-state index in [1.54, 1.807) is 0 Å². The third-order valence-electron chi connectivity index (χ3n) is 9.23. The Hall–Kier alpha value is -0.950. The number of ether oxygens (including phenoxy) is 2. The smallest absolute Gasteiger partial charge is 0.462 e. The highest BCUT2D eigenvalue weighted by molar-refractivity contribution is 7.46. The largest absolute Gasteiger partial charge is 0.469 e. The predicted octanol–water partition coefficient (Wildman–Crippen LogP) is 12.2. The van der Waals surface area contributed by atoms with Crippen molar-refractivity contribution in [3.8, 4) is 0 Å². The first kappa shape index (κ1) is 48.0. The van der Waals surface area contributed by atoms with Crippen LogP contribution in [-0.2, 0) is 28.2 Å². The van der Waals surface area contributed by atoms with Crippen molar-refractivity contribution in [1.82, 2.24) is 0 Å². The number of esters is 2. The molecule has 0 aliphatic heterocycles. The molecule has 0 aromatic heterocycles. The van der Waals surface area contributed by atoms with E-state index < -0.39 is 32.5 Å². The molecule has 0 amide bonds. The van der Waals surface area contributed by atoms with E-state index in [1.165, 1.54) is 128 Å². The number of unbranched alkanes of at least 4 members (excludes halogenated alkanes) is 23. The zero-order valence-corrected chi connectivity index (χ0v) is 33.3. The van der Waals surface area contributed by atoms with Gasteiger partial charge in [-0.2, -0.15) is 0 Å². The van der Waals surface area contributed by atoms with Crippen molar-refractivity contribution in [3.05, 3.63) is 0 Å². The number of rotatable bonds is 37. The molecule has 49 heavy (non-hydrogen) atoms. The topological polar surface area (TPSA) is 119 Å². The van der Waals surface area contributed by atoms with Crippen LogP contribution in [0.15, 0.2) is 0 Å². The second-order valence-electron chi connectivity index (χ2n) is 15.3. The van der Waals surface area contributed by atoms with Gasteiger partial charge in [-0.15, -0.1) is 0 Å². The summed E-state index contributed by atoms with van der Waals surface area (Å²) in [5, 5.41) is 0. The highest BCUT2D eigenvalue weighted by Crippen LogP contribution is 2.36. The van der Waals surface area contributed by atoms with Gasteiger partial charge in [0.2, 0.25) is 0 Å². The lowest BCUT2D eigenvalue weighted by Gasteiger charge is -2.18. The minimum atomic E-state index is -4.74. The molecule has 8 nitrogen and oxygen atoms in total. The standard InChI is InChI=1S/C40H79O8P/c1-36(2)30-26-22-18-14-10-8-6-5-7-9-11-16-20-24-28-32-39(41)46-34-38(35-47-49(43,44)45)48-40(42)33-29-25-21-17-13-12-15-19-23-27-31-37(3)4/h36-38H,5-35H2,1-4H3,(H2,43,44,45)/t38-/m1/s1. The van der Waals surface area contributed by atoms with Gasteiger partial charge in [0.1, 0.15) is 6.61 Å². The Balaban J connectivity index is 3.86. The molecule has 0 aliphatic carbocycles. The van der Waals surface area contributed by atoms with Gasteiger partial charge in [0.05, 0.1) is 6.61 Å². The van der Waals surface area contributed by atoms with E-state index in [2.05, 4.69) is 32.2 Å². The zero-order valence-electron chi connectivity index (χ0n) is 32.4. The quantitative estimate of drug-likeness (QED) is 0.0370. The molecule has 0 aliphatic rings. The molecule has 0 saturated heterocycles. The number of phosphoric ester groups is 1. The molecule has 0 radical (unpaired) electrons. The first-order valence-corrected chi connectivity index (χ1v) is 22.1. The molecular formula is C40H79O8P. The third kappa shape index (κ3) is 39.7. The van der Waals surface area contributed by atoms with E-state index in [0.29, 0.717) is 6.42 Å². The fourth-order valence-corrected chi connectivity index (χ4v) is 6.52. The predicted molar refractivity (Wildman–Crippen MR) is 202 cm³/mol. The number of phosphoric acid groups is 1. The Bertz CT molecular complexity index is 797. The molecule has 0 unspecified atom stereocenters. The number of hydrogen-bond acceptors (Lipinski definition) is 6. The van der Waals surface area contributed by atoms with E-state index in [0.717, 1.165) is 50.4 Å². The van der Waals surface area contributed by atoms with Crippen LogP contribution < -0.4 is 0 Å². The molecule has 0 aromatic rings. The van der Waals surface area contributed by atoms with Crippen LogP contribution in [0.3, 0.4) is 0 Å². The summed E-state index contributed by atoms with van der Waals surface area (Å²) >= 11 is 0. The molecule has 0 aromatic carbocycles. The zero-order chi connectivity index (χ0) is 36.4. The normalized spacial score (nSPS) is 12.6. The summed E-state index contributed by atoms with van der Waals surface area (Å²) in [5.41, 5.74) is 0. The van der Waals surface area contributed by atoms with Crippen LogP contribution in [0.4, 0.5) is 0 Å². The molecule has 2 N–H and O–H groups in total. The molecular weight excluding hydrogens is 639 g/mol. The van der Waals surface area contributed by atoms with Gasteiger partial charge in [-0.3, -0.25) is 14.1 Å². The van der Waals surface area contributed by atoms with Gasteiger partial charge < -0.3 is 19.3 Å². The van der Waals surface area contributed by atoms with Crippen molar-refractivity contribution < 1.29 is 37.9 Å². The van der Waals surface area contributed by atoms with Gasteiger partial charge in [0.15, 0.2) is 6.10 Å². The van der Waals surface area contributed by atoms with Crippen LogP contribution in [0.1, 0.15) is 214 Å². The lowest BCUT2D eigenvalue weighted by atomic mass is 10.0. The maximum absolute atomic E-state index is 12.4. The van der Waals surface area contributed by atoms with Crippen LogP contribution in [-0.4, -0.2) is 41.0 Å². The molecule has 0 bridgehead atoms. The average molecular weight is 719 g/mol. The Morgan fingerprint density at radius 1 is 0.469 bits per heavy atom. The number of carbonyl (C=O) groups is 2. The van der Waals surface area contributed by atoms with Gasteiger partial charge in [-0.1, -0.05) is 188 Å².